The molecule has 0 saturated heterocycles. The Labute approximate surface area is 120 Å². The Hall–Kier alpha value is -0.700. The lowest BCUT2D eigenvalue weighted by atomic mass is 9.97. The highest BCUT2D eigenvalue weighted by Gasteiger charge is 2.20. The van der Waals surface area contributed by atoms with E-state index in [9.17, 15) is 0 Å². The van der Waals surface area contributed by atoms with Crippen LogP contribution in [-0.4, -0.2) is 6.16 Å². The third-order valence-corrected chi connectivity index (χ3v) is 5.19. The Balaban J connectivity index is 1.94. The van der Waals surface area contributed by atoms with Gasteiger partial charge in [0.25, 0.3) is 0 Å². The Morgan fingerprint density at radius 1 is 0.947 bits per heavy atom. The second kappa shape index (κ2) is 5.74. The molecule has 0 bridgehead atoms. The monoisotopic (exact) mass is 286 g/mol. The quantitative estimate of drug-likeness (QED) is 0.721. The van der Waals surface area contributed by atoms with E-state index < -0.39 is 0 Å². The van der Waals surface area contributed by atoms with Gasteiger partial charge in [-0.3, -0.25) is 0 Å². The molecule has 0 aliphatic heterocycles. The maximum Gasteiger partial charge on any atom is -0.0121 e. The third-order valence-electron chi connectivity index (χ3n) is 4.15. The van der Waals surface area contributed by atoms with Gasteiger partial charge in [-0.15, -0.1) is 18.5 Å². The van der Waals surface area contributed by atoms with Gasteiger partial charge in [-0.05, 0) is 58.9 Å². The average Bonchev–Trinajstić information content (AvgIpc) is 2.89. The molecule has 0 saturated carbocycles. The van der Waals surface area contributed by atoms with Gasteiger partial charge < -0.3 is 0 Å². The van der Waals surface area contributed by atoms with Gasteiger partial charge in [0.2, 0.25) is 0 Å². The number of rotatable bonds is 3. The Morgan fingerprint density at radius 2 is 1.68 bits per heavy atom. The third kappa shape index (κ3) is 2.62. The molecule has 2 heteroatoms. The summed E-state index contributed by atoms with van der Waals surface area (Å²) in [5, 5.41) is 0. The van der Waals surface area contributed by atoms with Gasteiger partial charge in [0.15, 0.2) is 0 Å². The first-order valence-electron chi connectivity index (χ1n) is 6.94. The summed E-state index contributed by atoms with van der Waals surface area (Å²) in [4.78, 5) is 0. The van der Waals surface area contributed by atoms with Crippen LogP contribution in [0.4, 0.5) is 0 Å². The van der Waals surface area contributed by atoms with E-state index in [4.69, 9.17) is 0 Å². The second-order valence-corrected chi connectivity index (χ2v) is 6.17. The van der Waals surface area contributed by atoms with Crippen molar-refractivity contribution in [3.05, 3.63) is 59.2 Å². The zero-order chi connectivity index (χ0) is 13.2. The fourth-order valence-electron chi connectivity index (χ4n) is 2.96. The number of fused-ring (bicyclic) bond motifs is 1. The molecule has 3 rings (SSSR count). The zero-order valence-electron chi connectivity index (χ0n) is 11.1. The van der Waals surface area contributed by atoms with Crippen molar-refractivity contribution in [1.29, 1.82) is 0 Å². The van der Waals surface area contributed by atoms with Crippen molar-refractivity contribution in [2.45, 2.75) is 24.9 Å². The molecular weight excluding hydrogens is 266 g/mol. The van der Waals surface area contributed by atoms with E-state index in [1.807, 2.05) is 0 Å². The molecule has 0 fully saturated rings. The van der Waals surface area contributed by atoms with Crippen LogP contribution >= 0.6 is 18.5 Å². The van der Waals surface area contributed by atoms with E-state index >= 15 is 0 Å². The molecule has 0 heterocycles. The molecule has 98 valence electrons. The first kappa shape index (κ1) is 13.3. The summed E-state index contributed by atoms with van der Waals surface area (Å²) >= 11 is 0. The lowest BCUT2D eigenvalue weighted by Crippen LogP contribution is -1.93. The average molecular weight is 286 g/mol. The van der Waals surface area contributed by atoms with Crippen LogP contribution in [0, 0.1) is 0 Å². The number of aryl methyl sites for hydroxylation is 1. The Morgan fingerprint density at radius 3 is 2.37 bits per heavy atom. The van der Waals surface area contributed by atoms with Crippen molar-refractivity contribution in [1.82, 2.24) is 0 Å². The van der Waals surface area contributed by atoms with Crippen LogP contribution in [0.5, 0.6) is 0 Å². The topological polar surface area (TPSA) is 0 Å². The predicted octanol–water partition coefficient (Wildman–Crippen LogP) is 4.63. The molecule has 1 aliphatic carbocycles. The van der Waals surface area contributed by atoms with Crippen molar-refractivity contribution < 1.29 is 0 Å². The van der Waals surface area contributed by atoms with E-state index in [1.54, 1.807) is 11.1 Å². The fraction of sp³-hybridized carbons (Fsp3) is 0.294. The van der Waals surface area contributed by atoms with Crippen LogP contribution in [0.1, 0.15) is 29.0 Å². The molecular formula is C17H20P2. The van der Waals surface area contributed by atoms with Crippen LogP contribution in [0.3, 0.4) is 0 Å². The number of hydrogen-bond donors (Lipinski definition) is 0. The van der Waals surface area contributed by atoms with E-state index in [2.05, 4.69) is 60.9 Å². The lowest BCUT2D eigenvalue weighted by Gasteiger charge is -2.10. The van der Waals surface area contributed by atoms with Gasteiger partial charge in [0.1, 0.15) is 0 Å². The van der Waals surface area contributed by atoms with Crippen LogP contribution < -0.4 is 0 Å². The largest absolute Gasteiger partial charge is 0.137 e. The summed E-state index contributed by atoms with van der Waals surface area (Å²) in [6.07, 6.45) is 4.77. The van der Waals surface area contributed by atoms with Crippen LogP contribution in [0.25, 0.3) is 11.1 Å². The lowest BCUT2D eigenvalue weighted by molar-refractivity contribution is 0.757. The molecule has 19 heavy (non-hydrogen) atoms. The Kier molecular flexibility index (Phi) is 4.01. The van der Waals surface area contributed by atoms with Crippen molar-refractivity contribution >= 4 is 18.5 Å². The molecule has 0 aromatic heterocycles. The maximum atomic E-state index is 2.89. The molecule has 2 aromatic rings. The van der Waals surface area contributed by atoms with Crippen LogP contribution in [0.2, 0.25) is 0 Å². The van der Waals surface area contributed by atoms with Gasteiger partial charge in [-0.1, -0.05) is 42.5 Å². The summed E-state index contributed by atoms with van der Waals surface area (Å²) < 4.78 is 0. The van der Waals surface area contributed by atoms with Crippen molar-refractivity contribution in [3.63, 3.8) is 0 Å². The summed E-state index contributed by atoms with van der Waals surface area (Å²) in [7, 11) is 5.66. The van der Waals surface area contributed by atoms with Crippen molar-refractivity contribution in [2.75, 3.05) is 6.16 Å². The van der Waals surface area contributed by atoms with E-state index in [0.29, 0.717) is 0 Å². The molecule has 0 N–H and O–H groups in total. The van der Waals surface area contributed by atoms with Crippen molar-refractivity contribution in [3.8, 4) is 11.1 Å². The molecule has 2 aromatic carbocycles. The van der Waals surface area contributed by atoms with E-state index in [-0.39, 0.29) is 0 Å². The SMILES string of the molecule is PCc1ccc(-c2ccc3c(c2)CCC3CP)cc1. The first-order chi connectivity index (χ1) is 9.31. The fourth-order valence-corrected chi connectivity index (χ4v) is 3.73. The standard InChI is InChI=1S/C17H20P2/c18-10-12-1-3-13(4-2-12)14-7-8-17-15(9-14)5-6-16(17)11-19/h1-4,7-9,16H,5-6,10-11,18-19H2. The van der Waals surface area contributed by atoms with Crippen molar-refractivity contribution in [2.24, 2.45) is 0 Å². The van der Waals surface area contributed by atoms with E-state index in [0.717, 1.165) is 12.1 Å². The minimum absolute atomic E-state index is 0.758. The predicted molar refractivity (Wildman–Crippen MR) is 90.9 cm³/mol. The van der Waals surface area contributed by atoms with Gasteiger partial charge in [0, 0.05) is 0 Å². The minimum Gasteiger partial charge on any atom is -0.137 e. The highest BCUT2D eigenvalue weighted by Crippen LogP contribution is 2.36. The highest BCUT2D eigenvalue weighted by molar-refractivity contribution is 7.16. The molecule has 0 nitrogen and oxygen atoms in total. The van der Waals surface area contributed by atoms with Gasteiger partial charge in [0.05, 0.1) is 0 Å². The first-order valence-corrected chi connectivity index (χ1v) is 8.57. The molecule has 3 unspecified atom stereocenters. The van der Waals surface area contributed by atoms with Crippen LogP contribution in [-0.2, 0) is 12.6 Å². The Bertz CT molecular complexity index is 572. The van der Waals surface area contributed by atoms with E-state index in [1.165, 1.54) is 35.7 Å². The summed E-state index contributed by atoms with van der Waals surface area (Å²) in [5.41, 5.74) is 7.19. The van der Waals surface area contributed by atoms with Gasteiger partial charge in [-0.25, -0.2) is 0 Å². The molecule has 0 spiro atoms. The number of hydrogen-bond acceptors (Lipinski definition) is 0. The summed E-state index contributed by atoms with van der Waals surface area (Å²) in [6.45, 7) is 0. The van der Waals surface area contributed by atoms with Gasteiger partial charge >= 0.3 is 0 Å². The normalized spacial score (nSPS) is 17.5. The molecule has 1 aliphatic rings. The second-order valence-electron chi connectivity index (χ2n) is 5.29. The molecule has 0 amide bonds. The molecule has 0 radical (unpaired) electrons. The van der Waals surface area contributed by atoms with Gasteiger partial charge in [-0.2, -0.15) is 0 Å². The zero-order valence-corrected chi connectivity index (χ0v) is 13.4. The smallest absolute Gasteiger partial charge is 0.0121 e. The molecule has 3 atom stereocenters. The highest BCUT2D eigenvalue weighted by atomic mass is 31.0. The summed E-state index contributed by atoms with van der Waals surface area (Å²) in [5.74, 6) is 0.758. The number of benzene rings is 2. The van der Waals surface area contributed by atoms with Crippen LogP contribution in [0.15, 0.2) is 42.5 Å². The maximum absolute atomic E-state index is 2.89. The minimum atomic E-state index is 0.758. The summed E-state index contributed by atoms with van der Waals surface area (Å²) in [6, 6.07) is 15.9.